The summed E-state index contributed by atoms with van der Waals surface area (Å²) in [6.45, 7) is 11.6. The van der Waals surface area contributed by atoms with Crippen LogP contribution in [0.2, 0.25) is 0 Å². The van der Waals surface area contributed by atoms with Gasteiger partial charge in [0.15, 0.2) is 0 Å². The van der Waals surface area contributed by atoms with E-state index in [1.165, 1.54) is 0 Å². The molecule has 3 N–H and O–H groups in total. The highest BCUT2D eigenvalue weighted by atomic mass is 16.6. The summed E-state index contributed by atoms with van der Waals surface area (Å²) >= 11 is 0. The third-order valence-corrected chi connectivity index (χ3v) is 1.46. The fraction of sp³-hybridized carbons (Fsp3) is 0.909. The smallest absolute Gasteiger partial charge is 0.367 e. The van der Waals surface area contributed by atoms with Crippen LogP contribution in [-0.4, -0.2) is 29.8 Å². The Hall–Kier alpha value is -0.610. The Balaban J connectivity index is 4.01. The summed E-state index contributed by atoms with van der Waals surface area (Å²) in [7, 11) is 0. The van der Waals surface area contributed by atoms with Crippen LogP contribution in [0.5, 0.6) is 0 Å². The molecule has 0 fully saturated rings. The average Bonchev–Trinajstić information content (AvgIpc) is 1.95. The second-order valence-electron chi connectivity index (χ2n) is 5.65. The Morgan fingerprint density at radius 2 is 1.60 bits per heavy atom. The summed E-state index contributed by atoms with van der Waals surface area (Å²) in [5.74, 6) is -0.313. The van der Waals surface area contributed by atoms with Crippen LogP contribution in [-0.2, 0) is 14.3 Å². The van der Waals surface area contributed by atoms with E-state index in [0.29, 0.717) is 6.61 Å². The van der Waals surface area contributed by atoms with Crippen molar-refractivity contribution in [1.82, 2.24) is 0 Å². The van der Waals surface area contributed by atoms with E-state index < -0.39 is 11.6 Å². The molecule has 0 aliphatic carbocycles. The van der Waals surface area contributed by atoms with Crippen LogP contribution in [0, 0.1) is 0 Å². The zero-order chi connectivity index (χ0) is 12.3. The Labute approximate surface area is 92.1 Å². The van der Waals surface area contributed by atoms with Gasteiger partial charge < -0.3 is 15.2 Å². The first-order valence-corrected chi connectivity index (χ1v) is 5.21. The molecule has 0 unspecified atom stereocenters. The van der Waals surface area contributed by atoms with Gasteiger partial charge in [-0.3, -0.25) is 0 Å². The summed E-state index contributed by atoms with van der Waals surface area (Å²) in [5.41, 5.74) is 3.01. The second kappa shape index (κ2) is 4.94. The molecule has 0 aromatic rings. The van der Waals surface area contributed by atoms with Gasteiger partial charge in [-0.1, -0.05) is 0 Å². The normalized spacial score (nSPS) is 14.9. The molecule has 0 aromatic carbocycles. The average molecular weight is 218 g/mol. The molecule has 4 nitrogen and oxygen atoms in total. The predicted octanol–water partition coefficient (Wildman–Crippen LogP) is 0.754. The molecule has 15 heavy (non-hydrogen) atoms. The van der Waals surface area contributed by atoms with Crippen LogP contribution in [0.25, 0.3) is 0 Å². The number of carbonyl (C=O) groups is 1. The zero-order valence-electron chi connectivity index (χ0n) is 10.7. The summed E-state index contributed by atoms with van der Waals surface area (Å²) < 4.78 is 10.6. The topological polar surface area (TPSA) is 63.2 Å². The standard InChI is InChI=1S/C11H23NO3/c1-10(2,3)14-7-8(12)9(13)15-11(4,5)6/h8H,7,12H2,1-6H3/p+1/t8-/m1/s1. The Morgan fingerprint density at radius 1 is 1.13 bits per heavy atom. The maximum Gasteiger partial charge on any atom is 0.367 e. The molecule has 0 aliphatic heterocycles. The second-order valence-corrected chi connectivity index (χ2v) is 5.65. The quantitative estimate of drug-likeness (QED) is 0.711. The molecule has 0 amide bonds. The highest BCUT2D eigenvalue weighted by molar-refractivity contribution is 5.74. The molecule has 0 aromatic heterocycles. The van der Waals surface area contributed by atoms with Crippen molar-refractivity contribution in [3.05, 3.63) is 0 Å². The van der Waals surface area contributed by atoms with E-state index in [0.717, 1.165) is 0 Å². The molecule has 0 saturated carbocycles. The van der Waals surface area contributed by atoms with Crippen LogP contribution in [0.3, 0.4) is 0 Å². The van der Waals surface area contributed by atoms with Crippen LogP contribution in [0.1, 0.15) is 41.5 Å². The van der Waals surface area contributed by atoms with Crippen LogP contribution >= 0.6 is 0 Å². The monoisotopic (exact) mass is 218 g/mol. The first-order valence-electron chi connectivity index (χ1n) is 5.21. The minimum absolute atomic E-state index is 0.252. The lowest BCUT2D eigenvalue weighted by Gasteiger charge is -2.23. The molecule has 0 rings (SSSR count). The maximum absolute atomic E-state index is 11.5. The van der Waals surface area contributed by atoms with E-state index in [-0.39, 0.29) is 11.6 Å². The predicted molar refractivity (Wildman–Crippen MR) is 58.2 cm³/mol. The summed E-state index contributed by atoms with van der Waals surface area (Å²) in [6, 6.07) is -0.469. The van der Waals surface area contributed by atoms with E-state index in [4.69, 9.17) is 9.47 Å². The Kier molecular flexibility index (Phi) is 4.74. The number of hydrogen-bond acceptors (Lipinski definition) is 3. The van der Waals surface area contributed by atoms with Gasteiger partial charge in [0.05, 0.1) is 5.60 Å². The van der Waals surface area contributed by atoms with Gasteiger partial charge in [0.2, 0.25) is 6.04 Å². The van der Waals surface area contributed by atoms with Gasteiger partial charge in [0.25, 0.3) is 0 Å². The zero-order valence-corrected chi connectivity index (χ0v) is 10.7. The molecule has 0 aliphatic rings. The van der Waals surface area contributed by atoms with E-state index in [2.05, 4.69) is 5.73 Å². The molecule has 90 valence electrons. The summed E-state index contributed by atoms with van der Waals surface area (Å²) in [5, 5.41) is 0. The number of esters is 1. The third kappa shape index (κ3) is 8.39. The SMILES string of the molecule is CC(C)(C)OC[C@@H]([NH3+])C(=O)OC(C)(C)C. The minimum Gasteiger partial charge on any atom is -0.456 e. The lowest BCUT2D eigenvalue weighted by Crippen LogP contribution is -2.68. The highest BCUT2D eigenvalue weighted by Crippen LogP contribution is 2.10. The summed E-state index contributed by atoms with van der Waals surface area (Å²) in [6.07, 6.45) is 0. The molecule has 0 spiro atoms. The number of carbonyl (C=O) groups excluding carboxylic acids is 1. The van der Waals surface area contributed by atoms with Crippen LogP contribution < -0.4 is 5.73 Å². The molecule has 0 heterocycles. The first kappa shape index (κ1) is 14.4. The van der Waals surface area contributed by atoms with Crippen molar-refractivity contribution in [2.24, 2.45) is 0 Å². The van der Waals surface area contributed by atoms with Gasteiger partial charge in [-0.15, -0.1) is 0 Å². The van der Waals surface area contributed by atoms with Crippen LogP contribution in [0.4, 0.5) is 0 Å². The molecular weight excluding hydrogens is 194 g/mol. The molecular formula is C11H24NO3+. The molecule has 0 radical (unpaired) electrons. The van der Waals surface area contributed by atoms with Crippen molar-refractivity contribution < 1.29 is 20.0 Å². The minimum atomic E-state index is -0.469. The Bertz CT molecular complexity index is 213. The van der Waals surface area contributed by atoms with Gasteiger partial charge in [-0.2, -0.15) is 0 Å². The Morgan fingerprint density at radius 3 is 1.93 bits per heavy atom. The number of rotatable bonds is 3. The number of ether oxygens (including phenoxy) is 2. The van der Waals surface area contributed by atoms with Gasteiger partial charge in [0.1, 0.15) is 12.2 Å². The van der Waals surface area contributed by atoms with E-state index in [1.807, 2.05) is 41.5 Å². The van der Waals surface area contributed by atoms with Crippen LogP contribution in [0.15, 0.2) is 0 Å². The lowest BCUT2D eigenvalue weighted by molar-refractivity contribution is -0.418. The van der Waals surface area contributed by atoms with Gasteiger partial charge in [-0.05, 0) is 41.5 Å². The van der Waals surface area contributed by atoms with Crippen molar-refractivity contribution in [1.29, 1.82) is 0 Å². The van der Waals surface area contributed by atoms with Gasteiger partial charge in [0, 0.05) is 0 Å². The molecule has 0 bridgehead atoms. The largest absolute Gasteiger partial charge is 0.456 e. The highest BCUT2D eigenvalue weighted by Gasteiger charge is 2.26. The fourth-order valence-electron chi connectivity index (χ4n) is 0.804. The number of quaternary nitrogens is 1. The molecule has 0 saturated heterocycles. The third-order valence-electron chi connectivity index (χ3n) is 1.46. The van der Waals surface area contributed by atoms with Crippen molar-refractivity contribution in [2.45, 2.75) is 58.8 Å². The van der Waals surface area contributed by atoms with Crippen molar-refractivity contribution in [3.8, 4) is 0 Å². The van der Waals surface area contributed by atoms with E-state index in [9.17, 15) is 4.79 Å². The molecule has 4 heteroatoms. The summed E-state index contributed by atoms with van der Waals surface area (Å²) in [4.78, 5) is 11.5. The lowest BCUT2D eigenvalue weighted by atomic mass is 10.2. The van der Waals surface area contributed by atoms with Gasteiger partial charge in [-0.25, -0.2) is 4.79 Å². The maximum atomic E-state index is 11.5. The first-order chi connectivity index (χ1) is 6.51. The van der Waals surface area contributed by atoms with E-state index >= 15 is 0 Å². The van der Waals surface area contributed by atoms with Crippen molar-refractivity contribution in [2.75, 3.05) is 6.61 Å². The fourth-order valence-corrected chi connectivity index (χ4v) is 0.804. The van der Waals surface area contributed by atoms with E-state index in [1.54, 1.807) is 0 Å². The molecule has 1 atom stereocenters. The number of hydrogen-bond donors (Lipinski definition) is 1. The van der Waals surface area contributed by atoms with Crippen molar-refractivity contribution in [3.63, 3.8) is 0 Å². The van der Waals surface area contributed by atoms with Gasteiger partial charge >= 0.3 is 5.97 Å². The van der Waals surface area contributed by atoms with Crippen molar-refractivity contribution >= 4 is 5.97 Å².